The molecule has 140 valence electrons. The highest BCUT2D eigenvalue weighted by molar-refractivity contribution is 5.99. The monoisotopic (exact) mass is 374 g/mol. The Bertz CT molecular complexity index is 1130. The van der Waals surface area contributed by atoms with E-state index < -0.39 is 0 Å². The van der Waals surface area contributed by atoms with Gasteiger partial charge in [0.25, 0.3) is 5.91 Å². The normalized spacial score (nSPS) is 14.2. The van der Waals surface area contributed by atoms with Crippen molar-refractivity contribution in [1.29, 1.82) is 0 Å². The van der Waals surface area contributed by atoms with Crippen molar-refractivity contribution in [2.45, 2.75) is 26.6 Å². The number of nitrogens with zero attached hydrogens (tertiary/aromatic N) is 2. The summed E-state index contributed by atoms with van der Waals surface area (Å²) in [4.78, 5) is 23.2. The van der Waals surface area contributed by atoms with Crippen LogP contribution in [0.5, 0.6) is 5.75 Å². The average molecular weight is 374 g/mol. The zero-order valence-corrected chi connectivity index (χ0v) is 15.3. The molecule has 0 fully saturated rings. The molecule has 28 heavy (non-hydrogen) atoms. The Morgan fingerprint density at radius 3 is 2.89 bits per heavy atom. The predicted octanol–water partition coefficient (Wildman–Crippen LogP) is 2.69. The lowest BCUT2D eigenvalue weighted by atomic mass is 10.0. The second-order valence-electron chi connectivity index (χ2n) is 7.03. The van der Waals surface area contributed by atoms with E-state index in [2.05, 4.69) is 10.6 Å². The van der Waals surface area contributed by atoms with Gasteiger partial charge in [0.05, 0.1) is 17.9 Å². The molecule has 0 saturated carbocycles. The summed E-state index contributed by atoms with van der Waals surface area (Å²) in [5.74, 6) is 0.589. The first-order valence-corrected chi connectivity index (χ1v) is 9.08. The standard InChI is InChI=1S/C21H18N4O3/c1-12(26)23-16-5-4-15-10-25-17(11-28-20(15)7-16)8-19(24-25)13-2-3-14-9-22-21(27)18(14)6-13/h2-8H,9-11H2,1H3,(H,22,27)(H,23,26). The molecule has 0 atom stereocenters. The Balaban J connectivity index is 1.46. The molecular weight excluding hydrogens is 356 g/mol. The van der Waals surface area contributed by atoms with Crippen LogP contribution in [0.25, 0.3) is 11.3 Å². The summed E-state index contributed by atoms with van der Waals surface area (Å²) in [6, 6.07) is 13.5. The van der Waals surface area contributed by atoms with Gasteiger partial charge in [0.2, 0.25) is 5.91 Å². The molecule has 2 aliphatic rings. The summed E-state index contributed by atoms with van der Waals surface area (Å²) in [6.45, 7) is 3.02. The van der Waals surface area contributed by atoms with Crippen LogP contribution in [0.15, 0.2) is 42.5 Å². The summed E-state index contributed by atoms with van der Waals surface area (Å²) in [7, 11) is 0. The van der Waals surface area contributed by atoms with Gasteiger partial charge in [-0.3, -0.25) is 14.3 Å². The first-order chi connectivity index (χ1) is 13.6. The number of hydrogen-bond acceptors (Lipinski definition) is 4. The molecule has 7 nitrogen and oxygen atoms in total. The van der Waals surface area contributed by atoms with Gasteiger partial charge in [-0.15, -0.1) is 0 Å². The fraction of sp³-hybridized carbons (Fsp3) is 0.190. The SMILES string of the molecule is CC(=O)Nc1ccc2c(c1)OCc1cc(-c3ccc4c(c3)C(=O)NC4)nn1C2. The van der Waals surface area contributed by atoms with Gasteiger partial charge in [0.15, 0.2) is 0 Å². The molecule has 2 aromatic carbocycles. The smallest absolute Gasteiger partial charge is 0.251 e. The lowest BCUT2D eigenvalue weighted by molar-refractivity contribution is -0.114. The van der Waals surface area contributed by atoms with Gasteiger partial charge in [0, 0.05) is 41.9 Å². The average Bonchev–Trinajstić information content (AvgIpc) is 3.20. The van der Waals surface area contributed by atoms with Crippen LogP contribution in [-0.2, 0) is 24.5 Å². The molecule has 2 N–H and O–H groups in total. The van der Waals surface area contributed by atoms with E-state index >= 15 is 0 Å². The van der Waals surface area contributed by atoms with Crippen LogP contribution in [0.1, 0.15) is 34.1 Å². The summed E-state index contributed by atoms with van der Waals surface area (Å²) in [5.41, 5.74) is 6.13. The van der Waals surface area contributed by atoms with E-state index in [9.17, 15) is 9.59 Å². The quantitative estimate of drug-likeness (QED) is 0.722. The van der Waals surface area contributed by atoms with Crippen LogP contribution in [0.3, 0.4) is 0 Å². The number of anilines is 1. The molecule has 0 saturated heterocycles. The maximum atomic E-state index is 11.9. The lowest BCUT2D eigenvalue weighted by Gasteiger charge is -2.09. The van der Waals surface area contributed by atoms with E-state index in [1.165, 1.54) is 6.92 Å². The lowest BCUT2D eigenvalue weighted by Crippen LogP contribution is -2.12. The van der Waals surface area contributed by atoms with E-state index in [1.54, 1.807) is 0 Å². The van der Waals surface area contributed by atoms with Crippen LogP contribution in [0.4, 0.5) is 5.69 Å². The van der Waals surface area contributed by atoms with Crippen molar-refractivity contribution in [2.75, 3.05) is 5.32 Å². The first-order valence-electron chi connectivity index (χ1n) is 9.08. The molecule has 0 spiro atoms. The second kappa shape index (κ2) is 6.23. The molecular formula is C21H18N4O3. The zero-order valence-electron chi connectivity index (χ0n) is 15.3. The van der Waals surface area contributed by atoms with Crippen LogP contribution < -0.4 is 15.4 Å². The number of benzene rings is 2. The number of amides is 2. The highest BCUT2D eigenvalue weighted by Crippen LogP contribution is 2.30. The predicted molar refractivity (Wildman–Crippen MR) is 103 cm³/mol. The van der Waals surface area contributed by atoms with Crippen molar-refractivity contribution in [1.82, 2.24) is 15.1 Å². The molecule has 0 unspecified atom stereocenters. The summed E-state index contributed by atoms with van der Waals surface area (Å²) in [5, 5.41) is 10.3. The van der Waals surface area contributed by atoms with Gasteiger partial charge in [-0.1, -0.05) is 18.2 Å². The third-order valence-corrected chi connectivity index (χ3v) is 5.04. The highest BCUT2D eigenvalue weighted by atomic mass is 16.5. The largest absolute Gasteiger partial charge is 0.487 e. The van der Waals surface area contributed by atoms with Crippen molar-refractivity contribution < 1.29 is 14.3 Å². The fourth-order valence-electron chi connectivity index (χ4n) is 3.64. The molecule has 0 aliphatic carbocycles. The number of rotatable bonds is 2. The van der Waals surface area contributed by atoms with Crippen molar-refractivity contribution in [3.05, 3.63) is 64.8 Å². The van der Waals surface area contributed by atoms with Crippen molar-refractivity contribution in [2.24, 2.45) is 0 Å². The summed E-state index contributed by atoms with van der Waals surface area (Å²) in [6.07, 6.45) is 0. The maximum Gasteiger partial charge on any atom is 0.251 e. The topological polar surface area (TPSA) is 85.2 Å². The second-order valence-corrected chi connectivity index (χ2v) is 7.03. The molecule has 2 aliphatic heterocycles. The number of aromatic nitrogens is 2. The Kier molecular flexibility index (Phi) is 3.68. The number of fused-ring (bicyclic) bond motifs is 3. The van der Waals surface area contributed by atoms with E-state index in [4.69, 9.17) is 9.84 Å². The van der Waals surface area contributed by atoms with Crippen LogP contribution in [0, 0.1) is 0 Å². The summed E-state index contributed by atoms with van der Waals surface area (Å²) >= 11 is 0. The Hall–Kier alpha value is -3.61. The van der Waals surface area contributed by atoms with E-state index in [1.807, 2.05) is 47.1 Å². The number of nitrogens with one attached hydrogen (secondary N) is 2. The zero-order chi connectivity index (χ0) is 19.3. The Morgan fingerprint density at radius 2 is 2.04 bits per heavy atom. The van der Waals surface area contributed by atoms with Crippen molar-refractivity contribution in [3.8, 4) is 17.0 Å². The third kappa shape index (κ3) is 2.81. The van der Waals surface area contributed by atoms with E-state index in [0.29, 0.717) is 30.9 Å². The molecule has 2 amide bonds. The van der Waals surface area contributed by atoms with Gasteiger partial charge in [-0.2, -0.15) is 5.10 Å². The minimum atomic E-state index is -0.117. The van der Waals surface area contributed by atoms with E-state index in [0.717, 1.165) is 33.8 Å². The minimum absolute atomic E-state index is 0.0372. The first kappa shape index (κ1) is 16.6. The maximum absolute atomic E-state index is 11.9. The number of carbonyl (C=O) groups excluding carboxylic acids is 2. The van der Waals surface area contributed by atoms with Gasteiger partial charge in [0.1, 0.15) is 12.4 Å². The molecule has 3 heterocycles. The van der Waals surface area contributed by atoms with Gasteiger partial charge >= 0.3 is 0 Å². The van der Waals surface area contributed by atoms with Gasteiger partial charge in [-0.25, -0.2) is 0 Å². The van der Waals surface area contributed by atoms with Crippen LogP contribution >= 0.6 is 0 Å². The molecule has 0 bridgehead atoms. The number of hydrogen-bond donors (Lipinski definition) is 2. The number of carbonyl (C=O) groups is 2. The van der Waals surface area contributed by atoms with Gasteiger partial charge < -0.3 is 15.4 Å². The highest BCUT2D eigenvalue weighted by Gasteiger charge is 2.21. The van der Waals surface area contributed by atoms with E-state index in [-0.39, 0.29) is 11.8 Å². The molecule has 7 heteroatoms. The fourth-order valence-corrected chi connectivity index (χ4v) is 3.64. The molecule has 5 rings (SSSR count). The minimum Gasteiger partial charge on any atom is -0.487 e. The van der Waals surface area contributed by atoms with Crippen LogP contribution in [0.2, 0.25) is 0 Å². The molecule has 3 aromatic rings. The van der Waals surface area contributed by atoms with Crippen molar-refractivity contribution in [3.63, 3.8) is 0 Å². The third-order valence-electron chi connectivity index (χ3n) is 5.04. The van der Waals surface area contributed by atoms with Crippen molar-refractivity contribution >= 4 is 17.5 Å². The number of ether oxygens (including phenoxy) is 1. The molecule has 0 radical (unpaired) electrons. The summed E-state index contributed by atoms with van der Waals surface area (Å²) < 4.78 is 7.88. The Morgan fingerprint density at radius 1 is 1.18 bits per heavy atom. The molecule has 1 aromatic heterocycles. The van der Waals surface area contributed by atoms with Gasteiger partial charge in [-0.05, 0) is 23.8 Å². The van der Waals surface area contributed by atoms with Crippen LogP contribution in [-0.4, -0.2) is 21.6 Å². The Labute approximate surface area is 161 Å².